The highest BCUT2D eigenvalue weighted by Gasteiger charge is 2.36. The van der Waals surface area contributed by atoms with E-state index < -0.39 is 12.0 Å². The van der Waals surface area contributed by atoms with Crippen LogP contribution in [0.25, 0.3) is 0 Å². The monoisotopic (exact) mass is 395 g/mol. The van der Waals surface area contributed by atoms with E-state index in [1.54, 1.807) is 9.80 Å². The molecule has 158 valence electrons. The van der Waals surface area contributed by atoms with E-state index in [9.17, 15) is 19.2 Å². The van der Waals surface area contributed by atoms with Gasteiger partial charge in [-0.3, -0.25) is 19.2 Å². The molecule has 0 bridgehead atoms. The van der Waals surface area contributed by atoms with Crippen LogP contribution in [0.1, 0.15) is 59.3 Å². The van der Waals surface area contributed by atoms with Crippen LogP contribution in [0.15, 0.2) is 0 Å². The Labute approximate surface area is 166 Å². The standard InChI is InChI=1S/C20H33N3O5/c1-14(2)19(27)22-11-5-4-8-17(22)20(28)21-10-6-7-16(9-12-21)23(15(3)24)13-18(25)26/h14,16-17H,4-13H2,1-3H3,(H,25,26). The summed E-state index contributed by atoms with van der Waals surface area (Å²) in [5.41, 5.74) is 0. The number of aliphatic carboxylic acids is 1. The highest BCUT2D eigenvalue weighted by Crippen LogP contribution is 2.24. The Bertz CT molecular complexity index is 607. The van der Waals surface area contributed by atoms with E-state index in [0.29, 0.717) is 45.3 Å². The average molecular weight is 396 g/mol. The molecule has 1 N–H and O–H groups in total. The van der Waals surface area contributed by atoms with Crippen LogP contribution in [0, 0.1) is 5.92 Å². The van der Waals surface area contributed by atoms with Crippen molar-refractivity contribution in [2.45, 2.75) is 71.4 Å². The molecule has 2 unspecified atom stereocenters. The molecule has 8 heteroatoms. The fourth-order valence-corrected chi connectivity index (χ4v) is 4.25. The molecule has 0 aromatic heterocycles. The third-order valence-electron chi connectivity index (χ3n) is 5.72. The van der Waals surface area contributed by atoms with Crippen LogP contribution in [-0.2, 0) is 19.2 Å². The summed E-state index contributed by atoms with van der Waals surface area (Å²) in [6.07, 6.45) is 4.50. The number of hydrogen-bond acceptors (Lipinski definition) is 4. The summed E-state index contributed by atoms with van der Waals surface area (Å²) in [4.78, 5) is 53.6. The van der Waals surface area contributed by atoms with Crippen LogP contribution in [0.4, 0.5) is 0 Å². The summed E-state index contributed by atoms with van der Waals surface area (Å²) < 4.78 is 0. The van der Waals surface area contributed by atoms with Crippen molar-refractivity contribution >= 4 is 23.7 Å². The normalized spacial score (nSPS) is 23.3. The van der Waals surface area contributed by atoms with Gasteiger partial charge in [0.2, 0.25) is 17.7 Å². The number of rotatable bonds is 5. The molecule has 2 atom stereocenters. The first-order valence-corrected chi connectivity index (χ1v) is 10.3. The lowest BCUT2D eigenvalue weighted by Gasteiger charge is -2.38. The van der Waals surface area contributed by atoms with Crippen molar-refractivity contribution in [3.05, 3.63) is 0 Å². The molecule has 0 aliphatic carbocycles. The number of amides is 3. The van der Waals surface area contributed by atoms with Crippen LogP contribution in [0.2, 0.25) is 0 Å². The molecule has 8 nitrogen and oxygen atoms in total. The first-order valence-electron chi connectivity index (χ1n) is 10.3. The van der Waals surface area contributed by atoms with Gasteiger partial charge in [-0.1, -0.05) is 13.8 Å². The maximum atomic E-state index is 13.2. The highest BCUT2D eigenvalue weighted by molar-refractivity contribution is 5.88. The first-order chi connectivity index (χ1) is 13.2. The van der Waals surface area contributed by atoms with Crippen LogP contribution in [0.5, 0.6) is 0 Å². The van der Waals surface area contributed by atoms with E-state index in [2.05, 4.69) is 0 Å². The van der Waals surface area contributed by atoms with E-state index in [1.165, 1.54) is 11.8 Å². The molecule has 0 spiro atoms. The minimum Gasteiger partial charge on any atom is -0.480 e. The smallest absolute Gasteiger partial charge is 0.323 e. The molecule has 2 aliphatic rings. The van der Waals surface area contributed by atoms with Gasteiger partial charge in [0.25, 0.3) is 0 Å². The molecule has 3 amide bonds. The van der Waals surface area contributed by atoms with Gasteiger partial charge in [0.05, 0.1) is 0 Å². The number of hydrogen-bond donors (Lipinski definition) is 1. The number of carboxylic acids is 1. The number of nitrogens with zero attached hydrogens (tertiary/aromatic N) is 3. The molecule has 0 radical (unpaired) electrons. The van der Waals surface area contributed by atoms with Crippen molar-refractivity contribution in [2.75, 3.05) is 26.2 Å². The van der Waals surface area contributed by atoms with Crippen LogP contribution in [-0.4, -0.2) is 81.8 Å². The van der Waals surface area contributed by atoms with Gasteiger partial charge < -0.3 is 19.8 Å². The molecule has 0 aromatic carbocycles. The largest absolute Gasteiger partial charge is 0.480 e. The van der Waals surface area contributed by atoms with Crippen molar-refractivity contribution in [3.63, 3.8) is 0 Å². The van der Waals surface area contributed by atoms with Crippen LogP contribution < -0.4 is 0 Å². The molecule has 28 heavy (non-hydrogen) atoms. The highest BCUT2D eigenvalue weighted by atomic mass is 16.4. The average Bonchev–Trinajstić information content (AvgIpc) is 2.90. The molecule has 2 heterocycles. The second-order valence-corrected chi connectivity index (χ2v) is 8.15. The molecule has 0 aromatic rings. The minimum absolute atomic E-state index is 0.0121. The summed E-state index contributed by atoms with van der Waals surface area (Å²) in [7, 11) is 0. The molecule has 2 saturated heterocycles. The lowest BCUT2D eigenvalue weighted by atomic mass is 9.98. The minimum atomic E-state index is -1.03. The van der Waals surface area contributed by atoms with Gasteiger partial charge in [0, 0.05) is 38.5 Å². The summed E-state index contributed by atoms with van der Waals surface area (Å²) in [5.74, 6) is -1.41. The Morgan fingerprint density at radius 2 is 1.71 bits per heavy atom. The Morgan fingerprint density at radius 1 is 1.00 bits per heavy atom. The zero-order chi connectivity index (χ0) is 20.8. The second kappa shape index (κ2) is 9.89. The number of carbonyl (C=O) groups is 4. The van der Waals surface area contributed by atoms with Crippen molar-refractivity contribution in [3.8, 4) is 0 Å². The fourth-order valence-electron chi connectivity index (χ4n) is 4.25. The SMILES string of the molecule is CC(=O)N(CC(=O)O)C1CCCN(C(=O)C2CCCCN2C(=O)C(C)C)CC1. The zero-order valence-electron chi connectivity index (χ0n) is 17.2. The van der Waals surface area contributed by atoms with Gasteiger partial charge in [-0.25, -0.2) is 0 Å². The van der Waals surface area contributed by atoms with Crippen molar-refractivity contribution in [1.29, 1.82) is 0 Å². The third-order valence-corrected chi connectivity index (χ3v) is 5.72. The Balaban J connectivity index is 2.05. The lowest BCUT2D eigenvalue weighted by Crippen LogP contribution is -2.54. The fraction of sp³-hybridized carbons (Fsp3) is 0.800. The first kappa shape index (κ1) is 22.2. The number of likely N-dealkylation sites (tertiary alicyclic amines) is 2. The van der Waals surface area contributed by atoms with Gasteiger partial charge >= 0.3 is 5.97 Å². The predicted molar refractivity (Wildman–Crippen MR) is 103 cm³/mol. The van der Waals surface area contributed by atoms with Gasteiger partial charge in [0.1, 0.15) is 12.6 Å². The van der Waals surface area contributed by atoms with E-state index in [0.717, 1.165) is 12.8 Å². The predicted octanol–water partition coefficient (Wildman–Crippen LogP) is 1.34. The lowest BCUT2D eigenvalue weighted by molar-refractivity contribution is -0.149. The zero-order valence-corrected chi connectivity index (χ0v) is 17.2. The summed E-state index contributed by atoms with van der Waals surface area (Å²) >= 11 is 0. The Kier molecular flexibility index (Phi) is 7.83. The topological polar surface area (TPSA) is 98.2 Å². The van der Waals surface area contributed by atoms with Crippen LogP contribution >= 0.6 is 0 Å². The number of carbonyl (C=O) groups excluding carboxylic acids is 3. The second-order valence-electron chi connectivity index (χ2n) is 8.15. The number of piperidine rings is 1. The molecule has 0 saturated carbocycles. The molecular weight excluding hydrogens is 362 g/mol. The van der Waals surface area contributed by atoms with Crippen molar-refractivity contribution < 1.29 is 24.3 Å². The van der Waals surface area contributed by atoms with Crippen molar-refractivity contribution in [2.24, 2.45) is 5.92 Å². The van der Waals surface area contributed by atoms with Gasteiger partial charge in [0.15, 0.2) is 0 Å². The summed E-state index contributed by atoms with van der Waals surface area (Å²) in [6.45, 7) is 6.46. The van der Waals surface area contributed by atoms with Gasteiger partial charge in [-0.05, 0) is 38.5 Å². The molecule has 2 fully saturated rings. The van der Waals surface area contributed by atoms with Crippen LogP contribution in [0.3, 0.4) is 0 Å². The van der Waals surface area contributed by atoms with E-state index in [4.69, 9.17) is 5.11 Å². The summed E-state index contributed by atoms with van der Waals surface area (Å²) in [6, 6.07) is -0.575. The molecular formula is C20H33N3O5. The molecule has 2 rings (SSSR count). The van der Waals surface area contributed by atoms with E-state index in [-0.39, 0.29) is 36.2 Å². The van der Waals surface area contributed by atoms with E-state index >= 15 is 0 Å². The van der Waals surface area contributed by atoms with Crippen molar-refractivity contribution in [1.82, 2.24) is 14.7 Å². The van der Waals surface area contributed by atoms with Gasteiger partial charge in [-0.2, -0.15) is 0 Å². The third kappa shape index (κ3) is 5.45. The van der Waals surface area contributed by atoms with E-state index in [1.807, 2.05) is 13.8 Å². The maximum Gasteiger partial charge on any atom is 0.323 e. The molecule has 2 aliphatic heterocycles. The Morgan fingerprint density at radius 3 is 2.32 bits per heavy atom. The quantitative estimate of drug-likeness (QED) is 0.757. The van der Waals surface area contributed by atoms with Gasteiger partial charge in [-0.15, -0.1) is 0 Å². The Hall–Kier alpha value is -2.12. The maximum absolute atomic E-state index is 13.2. The number of carboxylic acid groups (broad SMARTS) is 1. The summed E-state index contributed by atoms with van der Waals surface area (Å²) in [5, 5.41) is 9.07.